The van der Waals surface area contributed by atoms with Crippen molar-refractivity contribution in [2.75, 3.05) is 13.1 Å². The van der Waals surface area contributed by atoms with Crippen LogP contribution in [-0.4, -0.2) is 63.6 Å². The smallest absolute Gasteiger partial charge is 0.256 e. The highest BCUT2D eigenvalue weighted by Gasteiger charge is 2.51. The Morgan fingerprint density at radius 2 is 2.12 bits per heavy atom. The maximum absolute atomic E-state index is 12.7. The van der Waals surface area contributed by atoms with Crippen LogP contribution in [0.1, 0.15) is 37.0 Å². The van der Waals surface area contributed by atoms with Crippen LogP contribution in [0.3, 0.4) is 0 Å². The first-order valence-corrected chi connectivity index (χ1v) is 8.70. The zero-order valence-electron chi connectivity index (χ0n) is 14.6. The summed E-state index contributed by atoms with van der Waals surface area (Å²) in [6.45, 7) is 4.51. The van der Waals surface area contributed by atoms with E-state index >= 15 is 0 Å². The fourth-order valence-electron chi connectivity index (χ4n) is 3.82. The number of pyridine rings is 1. The van der Waals surface area contributed by atoms with Crippen LogP contribution in [0.5, 0.6) is 0 Å². The van der Waals surface area contributed by atoms with E-state index < -0.39 is 12.1 Å². The van der Waals surface area contributed by atoms with Crippen LogP contribution in [0, 0.1) is 5.92 Å². The van der Waals surface area contributed by atoms with E-state index in [1.807, 2.05) is 13.8 Å². The van der Waals surface area contributed by atoms with Gasteiger partial charge in [-0.3, -0.25) is 19.4 Å². The number of carbonyl (C=O) groups is 3. The lowest BCUT2D eigenvalue weighted by Crippen LogP contribution is -2.50. The summed E-state index contributed by atoms with van der Waals surface area (Å²) in [5.41, 5.74) is 6.48. The van der Waals surface area contributed by atoms with E-state index in [1.54, 1.807) is 28.1 Å². The molecular formula is C18H24N4O3. The summed E-state index contributed by atoms with van der Waals surface area (Å²) in [5.74, 6) is -0.190. The number of hydrogen-bond acceptors (Lipinski definition) is 5. The molecule has 25 heavy (non-hydrogen) atoms. The molecule has 3 atom stereocenters. The van der Waals surface area contributed by atoms with E-state index in [0.29, 0.717) is 30.9 Å². The number of hydrogen-bond donors (Lipinski definition) is 1. The molecule has 1 aromatic rings. The summed E-state index contributed by atoms with van der Waals surface area (Å²) < 4.78 is 0. The van der Waals surface area contributed by atoms with Gasteiger partial charge in [0.05, 0.1) is 24.2 Å². The Bertz CT molecular complexity index is 676. The van der Waals surface area contributed by atoms with Crippen LogP contribution < -0.4 is 5.73 Å². The Morgan fingerprint density at radius 3 is 2.76 bits per heavy atom. The second-order valence-electron chi connectivity index (χ2n) is 7.21. The maximum Gasteiger partial charge on any atom is 0.256 e. The molecule has 7 heteroatoms. The minimum atomic E-state index is -0.602. The fraction of sp³-hybridized carbons (Fsp3) is 0.556. The highest BCUT2D eigenvalue weighted by molar-refractivity contribution is 6.02. The molecule has 0 bridgehead atoms. The molecular weight excluding hydrogens is 320 g/mol. The number of nitrogens with two attached hydrogens (primary N) is 1. The lowest BCUT2D eigenvalue weighted by atomic mass is 10.0. The van der Waals surface area contributed by atoms with Gasteiger partial charge in [-0.05, 0) is 30.9 Å². The second-order valence-corrected chi connectivity index (χ2v) is 7.21. The molecule has 0 aliphatic carbocycles. The molecule has 2 amide bonds. The molecule has 2 aliphatic rings. The van der Waals surface area contributed by atoms with E-state index in [0.717, 1.165) is 0 Å². The normalized spacial score (nSPS) is 23.9. The van der Waals surface area contributed by atoms with Gasteiger partial charge >= 0.3 is 0 Å². The van der Waals surface area contributed by atoms with Gasteiger partial charge in [0.15, 0.2) is 5.78 Å². The van der Waals surface area contributed by atoms with Gasteiger partial charge in [0.2, 0.25) is 5.91 Å². The summed E-state index contributed by atoms with van der Waals surface area (Å²) in [5, 5.41) is 0. The van der Waals surface area contributed by atoms with Gasteiger partial charge < -0.3 is 15.5 Å². The van der Waals surface area contributed by atoms with Crippen LogP contribution in [0.4, 0.5) is 0 Å². The van der Waals surface area contributed by atoms with Crippen molar-refractivity contribution in [1.29, 1.82) is 0 Å². The molecule has 2 unspecified atom stereocenters. The molecule has 2 saturated heterocycles. The molecule has 2 aliphatic heterocycles. The summed E-state index contributed by atoms with van der Waals surface area (Å²) in [4.78, 5) is 45.0. The molecule has 2 N–H and O–H groups in total. The molecule has 0 aromatic carbocycles. The van der Waals surface area contributed by atoms with Gasteiger partial charge in [-0.25, -0.2) is 0 Å². The number of nitrogens with zero attached hydrogens (tertiary/aromatic N) is 3. The number of ketones is 1. The number of Topliss-reactive ketones (excluding diaryl/α,β-unsaturated/α-hetero) is 1. The molecule has 7 nitrogen and oxygen atoms in total. The summed E-state index contributed by atoms with van der Waals surface area (Å²) >= 11 is 0. The Kier molecular flexibility index (Phi) is 4.85. The quantitative estimate of drug-likeness (QED) is 0.855. The fourth-order valence-corrected chi connectivity index (χ4v) is 3.82. The summed E-state index contributed by atoms with van der Waals surface area (Å²) in [6.07, 6.45) is 4.28. The molecule has 0 radical (unpaired) electrons. The van der Waals surface area contributed by atoms with Crippen molar-refractivity contribution >= 4 is 17.6 Å². The first kappa shape index (κ1) is 17.5. The number of likely N-dealkylation sites (tertiary alicyclic amines) is 2. The van der Waals surface area contributed by atoms with Crippen LogP contribution in [0.25, 0.3) is 0 Å². The predicted octanol–water partition coefficient (Wildman–Crippen LogP) is 0.449. The van der Waals surface area contributed by atoms with Crippen LogP contribution in [-0.2, 0) is 9.59 Å². The highest BCUT2D eigenvalue weighted by atomic mass is 16.2. The molecule has 2 fully saturated rings. The molecule has 0 spiro atoms. The second kappa shape index (κ2) is 6.92. The Hall–Kier alpha value is -2.28. The summed E-state index contributed by atoms with van der Waals surface area (Å²) in [6, 6.07) is 1.94. The first-order chi connectivity index (χ1) is 11.9. The zero-order valence-corrected chi connectivity index (χ0v) is 14.6. The van der Waals surface area contributed by atoms with E-state index in [1.165, 1.54) is 6.20 Å². The lowest BCUT2D eigenvalue weighted by molar-refractivity contribution is -0.137. The summed E-state index contributed by atoms with van der Waals surface area (Å²) in [7, 11) is 0. The van der Waals surface area contributed by atoms with Crippen molar-refractivity contribution < 1.29 is 14.4 Å². The van der Waals surface area contributed by atoms with Crippen LogP contribution in [0.2, 0.25) is 0 Å². The van der Waals surface area contributed by atoms with Crippen molar-refractivity contribution in [2.24, 2.45) is 11.7 Å². The lowest BCUT2D eigenvalue weighted by Gasteiger charge is -2.27. The predicted molar refractivity (Wildman–Crippen MR) is 91.6 cm³/mol. The maximum atomic E-state index is 12.7. The van der Waals surface area contributed by atoms with E-state index in [9.17, 15) is 14.4 Å². The number of carbonyl (C=O) groups excluding carboxylic acids is 3. The van der Waals surface area contributed by atoms with Crippen molar-refractivity contribution in [2.45, 2.75) is 44.8 Å². The van der Waals surface area contributed by atoms with Gasteiger partial charge in [-0.2, -0.15) is 0 Å². The number of amides is 2. The largest absolute Gasteiger partial charge is 0.329 e. The van der Waals surface area contributed by atoms with Gasteiger partial charge in [-0.15, -0.1) is 0 Å². The monoisotopic (exact) mass is 344 g/mol. The Labute approximate surface area is 147 Å². The molecule has 0 saturated carbocycles. The van der Waals surface area contributed by atoms with Crippen molar-refractivity contribution in [3.8, 4) is 0 Å². The van der Waals surface area contributed by atoms with E-state index in [2.05, 4.69) is 4.98 Å². The molecule has 134 valence electrons. The zero-order chi connectivity index (χ0) is 18.1. The topological polar surface area (TPSA) is 96.6 Å². The number of aromatic nitrogens is 1. The highest BCUT2D eigenvalue weighted by Crippen LogP contribution is 2.31. The van der Waals surface area contributed by atoms with Gasteiger partial charge in [-0.1, -0.05) is 13.8 Å². The van der Waals surface area contributed by atoms with Crippen molar-refractivity contribution in [1.82, 2.24) is 14.8 Å². The van der Waals surface area contributed by atoms with Gasteiger partial charge in [0, 0.05) is 18.9 Å². The minimum Gasteiger partial charge on any atom is -0.329 e. The van der Waals surface area contributed by atoms with Crippen molar-refractivity contribution in [3.63, 3.8) is 0 Å². The van der Waals surface area contributed by atoms with Gasteiger partial charge in [0.1, 0.15) is 6.04 Å². The first-order valence-electron chi connectivity index (χ1n) is 8.70. The van der Waals surface area contributed by atoms with Crippen LogP contribution >= 0.6 is 0 Å². The third-order valence-corrected chi connectivity index (χ3v) is 4.92. The average Bonchev–Trinajstić information content (AvgIpc) is 3.15. The van der Waals surface area contributed by atoms with Gasteiger partial charge in [0.25, 0.3) is 5.91 Å². The minimum absolute atomic E-state index is 0.0340. The molecule has 1 aromatic heterocycles. The number of rotatable bonds is 4. The Balaban J connectivity index is 1.76. The standard InChI is InChI=1S/C18H24N4O3/c1-11(2)8-13(19)18(25)21-7-5-14-16(21)15(23)10-22(14)17(24)12-4-3-6-20-9-12/h3-4,6,9,11,13-14,16H,5,7-8,10,19H2,1-2H3/t13-,14?,16?/m0/s1. The number of fused-ring (bicyclic) bond motifs is 1. The average molecular weight is 344 g/mol. The third kappa shape index (κ3) is 3.28. The molecule has 3 heterocycles. The SMILES string of the molecule is CC(C)C[C@H](N)C(=O)N1CCC2C1C(=O)CN2C(=O)c1cccnc1. The van der Waals surface area contributed by atoms with E-state index in [4.69, 9.17) is 5.73 Å². The van der Waals surface area contributed by atoms with Crippen molar-refractivity contribution in [3.05, 3.63) is 30.1 Å². The Morgan fingerprint density at radius 1 is 1.36 bits per heavy atom. The molecule has 3 rings (SSSR count). The third-order valence-electron chi connectivity index (χ3n) is 4.92. The van der Waals surface area contributed by atoms with E-state index in [-0.39, 0.29) is 30.2 Å². The van der Waals surface area contributed by atoms with Crippen LogP contribution in [0.15, 0.2) is 24.5 Å².